The van der Waals surface area contributed by atoms with E-state index >= 15 is 0 Å². The summed E-state index contributed by atoms with van der Waals surface area (Å²) in [7, 11) is 2.05. The van der Waals surface area contributed by atoms with Gasteiger partial charge in [-0.05, 0) is 74.5 Å². The molecule has 1 aliphatic rings. The Kier molecular flexibility index (Phi) is 4.89. The lowest BCUT2D eigenvalue weighted by molar-refractivity contribution is 0.690. The molecule has 0 saturated carbocycles. The standard InChI is InChI=1S/C17H19Br2NS/c1-10-7-14(19)12(9-13(10)18)17(20-2)16-8-11-5-3-4-6-15(11)21-16/h7-9,17,20H,3-6H2,1-2H3. The topological polar surface area (TPSA) is 12.0 Å². The number of aryl methyl sites for hydroxylation is 3. The van der Waals surface area contributed by atoms with Gasteiger partial charge in [0.2, 0.25) is 0 Å². The fourth-order valence-corrected chi connectivity index (χ4v) is 5.42. The second kappa shape index (κ2) is 6.53. The summed E-state index contributed by atoms with van der Waals surface area (Å²) in [6, 6.07) is 7.10. The SMILES string of the molecule is CNC(c1cc2c(s1)CCCC2)c1cc(Br)c(C)cc1Br. The van der Waals surface area contributed by atoms with Crippen molar-refractivity contribution < 1.29 is 0 Å². The normalized spacial score (nSPS) is 15.8. The van der Waals surface area contributed by atoms with Crippen molar-refractivity contribution in [3.63, 3.8) is 0 Å². The summed E-state index contributed by atoms with van der Waals surface area (Å²) in [5, 5.41) is 3.49. The molecule has 1 N–H and O–H groups in total. The molecule has 4 heteroatoms. The number of rotatable bonds is 3. The largest absolute Gasteiger partial charge is 0.309 e. The number of hydrogen-bond acceptors (Lipinski definition) is 2. The van der Waals surface area contributed by atoms with Gasteiger partial charge in [0, 0.05) is 18.7 Å². The van der Waals surface area contributed by atoms with E-state index in [9.17, 15) is 0 Å². The quantitative estimate of drug-likeness (QED) is 0.654. The molecule has 1 aliphatic carbocycles. The maximum atomic E-state index is 3.74. The van der Waals surface area contributed by atoms with Crippen molar-refractivity contribution in [1.82, 2.24) is 5.32 Å². The molecule has 1 aromatic carbocycles. The molecule has 1 unspecified atom stereocenters. The van der Waals surface area contributed by atoms with Crippen molar-refractivity contribution in [2.24, 2.45) is 0 Å². The maximum absolute atomic E-state index is 3.74. The first-order valence-corrected chi connectivity index (χ1v) is 9.74. The van der Waals surface area contributed by atoms with Crippen LogP contribution in [0, 0.1) is 6.92 Å². The number of nitrogens with one attached hydrogen (secondary N) is 1. The minimum Gasteiger partial charge on any atom is -0.309 e. The van der Waals surface area contributed by atoms with Crippen LogP contribution in [0.5, 0.6) is 0 Å². The van der Waals surface area contributed by atoms with Crippen LogP contribution in [0.1, 0.15) is 45.3 Å². The van der Waals surface area contributed by atoms with Crippen LogP contribution in [0.4, 0.5) is 0 Å². The summed E-state index contributed by atoms with van der Waals surface area (Å²) in [6.07, 6.45) is 5.19. The number of benzene rings is 1. The van der Waals surface area contributed by atoms with E-state index in [1.807, 2.05) is 18.4 Å². The summed E-state index contributed by atoms with van der Waals surface area (Å²) in [5.74, 6) is 0. The highest BCUT2D eigenvalue weighted by Gasteiger charge is 2.21. The smallest absolute Gasteiger partial charge is 0.0680 e. The Hall–Kier alpha value is -0.160. The van der Waals surface area contributed by atoms with E-state index in [4.69, 9.17) is 0 Å². The zero-order valence-corrected chi connectivity index (χ0v) is 16.3. The van der Waals surface area contributed by atoms with E-state index in [2.05, 4.69) is 62.3 Å². The minimum atomic E-state index is 0.256. The van der Waals surface area contributed by atoms with Crippen LogP contribution in [0.2, 0.25) is 0 Å². The molecule has 112 valence electrons. The van der Waals surface area contributed by atoms with E-state index in [1.54, 1.807) is 10.4 Å². The molecule has 0 amide bonds. The third-order valence-corrected chi connectivity index (χ3v) is 7.02. The molecule has 2 aromatic rings. The van der Waals surface area contributed by atoms with Gasteiger partial charge in [-0.1, -0.05) is 31.9 Å². The molecule has 1 nitrogen and oxygen atoms in total. The zero-order valence-electron chi connectivity index (χ0n) is 12.3. The predicted molar refractivity (Wildman–Crippen MR) is 98.4 cm³/mol. The first-order chi connectivity index (χ1) is 10.1. The van der Waals surface area contributed by atoms with E-state index < -0.39 is 0 Å². The third-order valence-electron chi connectivity index (χ3n) is 4.18. The number of halogens is 2. The zero-order chi connectivity index (χ0) is 15.0. The number of hydrogen-bond donors (Lipinski definition) is 1. The maximum Gasteiger partial charge on any atom is 0.0680 e. The van der Waals surface area contributed by atoms with Crippen molar-refractivity contribution in [2.75, 3.05) is 7.05 Å². The minimum absolute atomic E-state index is 0.256. The van der Waals surface area contributed by atoms with E-state index in [-0.39, 0.29) is 6.04 Å². The van der Waals surface area contributed by atoms with Crippen molar-refractivity contribution in [3.05, 3.63) is 53.6 Å². The molecule has 0 saturated heterocycles. The molecular formula is C17H19Br2NS. The van der Waals surface area contributed by atoms with Gasteiger partial charge in [0.15, 0.2) is 0 Å². The molecule has 1 atom stereocenters. The molecule has 0 spiro atoms. The summed E-state index contributed by atoms with van der Waals surface area (Å²) < 4.78 is 2.34. The van der Waals surface area contributed by atoms with Gasteiger partial charge in [0.25, 0.3) is 0 Å². The van der Waals surface area contributed by atoms with Crippen LogP contribution in [-0.4, -0.2) is 7.05 Å². The van der Waals surface area contributed by atoms with Gasteiger partial charge in [0.1, 0.15) is 0 Å². The van der Waals surface area contributed by atoms with Gasteiger partial charge >= 0.3 is 0 Å². The van der Waals surface area contributed by atoms with Gasteiger partial charge in [-0.15, -0.1) is 11.3 Å². The highest BCUT2D eigenvalue weighted by molar-refractivity contribution is 9.11. The Balaban J connectivity index is 2.02. The molecule has 1 heterocycles. The van der Waals surface area contributed by atoms with Crippen molar-refractivity contribution >= 4 is 43.2 Å². The van der Waals surface area contributed by atoms with Crippen LogP contribution < -0.4 is 5.32 Å². The lowest BCUT2D eigenvalue weighted by Gasteiger charge is -2.18. The van der Waals surface area contributed by atoms with Gasteiger partial charge in [-0.25, -0.2) is 0 Å². The third kappa shape index (κ3) is 3.14. The van der Waals surface area contributed by atoms with Crippen LogP contribution >= 0.6 is 43.2 Å². The molecule has 0 aliphatic heterocycles. The van der Waals surface area contributed by atoms with Crippen LogP contribution in [0.3, 0.4) is 0 Å². The Bertz CT molecular complexity index is 640. The summed E-state index contributed by atoms with van der Waals surface area (Å²) >= 11 is 9.38. The number of thiophene rings is 1. The average Bonchev–Trinajstić information content (AvgIpc) is 2.88. The highest BCUT2D eigenvalue weighted by atomic mass is 79.9. The Morgan fingerprint density at radius 2 is 1.86 bits per heavy atom. The van der Waals surface area contributed by atoms with E-state index in [0.29, 0.717) is 0 Å². The fourth-order valence-electron chi connectivity index (χ4n) is 2.99. The highest BCUT2D eigenvalue weighted by Crippen LogP contribution is 2.38. The second-order valence-electron chi connectivity index (χ2n) is 5.65. The molecule has 1 aromatic heterocycles. The lowest BCUT2D eigenvalue weighted by atomic mass is 9.97. The monoisotopic (exact) mass is 427 g/mol. The van der Waals surface area contributed by atoms with Gasteiger partial charge in [-0.2, -0.15) is 0 Å². The Morgan fingerprint density at radius 1 is 1.10 bits per heavy atom. The van der Waals surface area contributed by atoms with Crippen molar-refractivity contribution in [1.29, 1.82) is 0 Å². The summed E-state index contributed by atoms with van der Waals surface area (Å²) in [5.41, 5.74) is 4.13. The fraction of sp³-hybridized carbons (Fsp3) is 0.412. The van der Waals surface area contributed by atoms with Gasteiger partial charge in [0.05, 0.1) is 6.04 Å². The Labute approximate surface area is 147 Å². The lowest BCUT2D eigenvalue weighted by Crippen LogP contribution is -2.17. The van der Waals surface area contributed by atoms with Crippen molar-refractivity contribution in [3.8, 4) is 0 Å². The van der Waals surface area contributed by atoms with E-state index in [1.165, 1.54) is 50.6 Å². The molecule has 21 heavy (non-hydrogen) atoms. The first kappa shape index (κ1) is 15.7. The van der Waals surface area contributed by atoms with Crippen molar-refractivity contribution in [2.45, 2.75) is 38.6 Å². The predicted octanol–water partition coefficient (Wildman–Crippen LogP) is 5.77. The van der Waals surface area contributed by atoms with E-state index in [0.717, 1.165) is 0 Å². The van der Waals surface area contributed by atoms with Gasteiger partial charge < -0.3 is 5.32 Å². The molecular weight excluding hydrogens is 410 g/mol. The first-order valence-electron chi connectivity index (χ1n) is 7.34. The molecule has 3 rings (SSSR count). The molecule has 0 fully saturated rings. The van der Waals surface area contributed by atoms with Crippen LogP contribution in [0.15, 0.2) is 27.1 Å². The summed E-state index contributed by atoms with van der Waals surface area (Å²) in [4.78, 5) is 3.03. The number of fused-ring (bicyclic) bond motifs is 1. The van der Waals surface area contributed by atoms with Gasteiger partial charge in [-0.3, -0.25) is 0 Å². The molecule has 0 radical (unpaired) electrons. The summed E-state index contributed by atoms with van der Waals surface area (Å²) in [6.45, 7) is 2.12. The van der Waals surface area contributed by atoms with Crippen LogP contribution in [-0.2, 0) is 12.8 Å². The average molecular weight is 429 g/mol. The second-order valence-corrected chi connectivity index (χ2v) is 8.53. The van der Waals surface area contributed by atoms with Crippen LogP contribution in [0.25, 0.3) is 0 Å². The Morgan fingerprint density at radius 3 is 2.57 bits per heavy atom. The molecule has 0 bridgehead atoms.